The van der Waals surface area contributed by atoms with Crippen LogP contribution in [0.4, 0.5) is 4.39 Å². The summed E-state index contributed by atoms with van der Waals surface area (Å²) in [6.07, 6.45) is 0. The molecule has 0 spiro atoms. The minimum Gasteiger partial charge on any atom is -0.494 e. The summed E-state index contributed by atoms with van der Waals surface area (Å²) in [5.74, 6) is 0.135. The maximum atomic E-state index is 14.1. The standard InChI is InChI=1S/C14H20FNO/c1-5-17-11(4)13-8-6-7-12(14(13)15)9-16-10(2)3/h6-8,10,16H,4-5,9H2,1-3H3. The molecule has 3 heteroatoms. The minimum atomic E-state index is -0.251. The van der Waals surface area contributed by atoms with Gasteiger partial charge in [0.1, 0.15) is 11.6 Å². The molecule has 1 rings (SSSR count). The zero-order valence-electron chi connectivity index (χ0n) is 10.7. The van der Waals surface area contributed by atoms with Gasteiger partial charge in [-0.1, -0.05) is 32.6 Å². The molecule has 94 valence electrons. The Bertz CT molecular complexity index is 388. The van der Waals surface area contributed by atoms with Crippen molar-refractivity contribution in [3.8, 4) is 0 Å². The van der Waals surface area contributed by atoms with Gasteiger partial charge in [-0.15, -0.1) is 0 Å². The molecule has 0 radical (unpaired) electrons. The highest BCUT2D eigenvalue weighted by atomic mass is 19.1. The van der Waals surface area contributed by atoms with Crippen LogP contribution in [0.5, 0.6) is 0 Å². The lowest BCUT2D eigenvalue weighted by atomic mass is 10.1. The van der Waals surface area contributed by atoms with Crippen LogP contribution < -0.4 is 5.32 Å². The van der Waals surface area contributed by atoms with Crippen LogP contribution in [0.3, 0.4) is 0 Å². The first-order valence-electron chi connectivity index (χ1n) is 5.89. The van der Waals surface area contributed by atoms with Crippen molar-refractivity contribution in [2.24, 2.45) is 0 Å². The summed E-state index contributed by atoms with van der Waals surface area (Å²) < 4.78 is 19.4. The van der Waals surface area contributed by atoms with Gasteiger partial charge in [0, 0.05) is 18.2 Å². The summed E-state index contributed by atoms with van der Waals surface area (Å²) >= 11 is 0. The largest absolute Gasteiger partial charge is 0.494 e. The molecule has 1 N–H and O–H groups in total. The van der Waals surface area contributed by atoms with E-state index in [9.17, 15) is 4.39 Å². The van der Waals surface area contributed by atoms with Crippen LogP contribution in [-0.4, -0.2) is 12.6 Å². The molecule has 0 atom stereocenters. The molecular formula is C14H20FNO. The van der Waals surface area contributed by atoms with Gasteiger partial charge in [0.05, 0.1) is 12.2 Å². The molecule has 0 aliphatic heterocycles. The number of benzene rings is 1. The Hall–Kier alpha value is -1.35. The van der Waals surface area contributed by atoms with Crippen molar-refractivity contribution in [3.05, 3.63) is 41.7 Å². The zero-order valence-corrected chi connectivity index (χ0v) is 10.7. The number of rotatable bonds is 6. The lowest BCUT2D eigenvalue weighted by Crippen LogP contribution is -2.22. The van der Waals surface area contributed by atoms with Crippen molar-refractivity contribution in [3.63, 3.8) is 0 Å². The number of hydrogen-bond acceptors (Lipinski definition) is 2. The van der Waals surface area contributed by atoms with Crippen LogP contribution >= 0.6 is 0 Å². The Morgan fingerprint density at radius 1 is 1.47 bits per heavy atom. The average Bonchev–Trinajstić information content (AvgIpc) is 2.27. The Balaban J connectivity index is 2.87. The smallest absolute Gasteiger partial charge is 0.138 e. The third-order valence-electron chi connectivity index (χ3n) is 2.40. The number of nitrogens with one attached hydrogen (secondary N) is 1. The topological polar surface area (TPSA) is 21.3 Å². The van der Waals surface area contributed by atoms with Crippen molar-refractivity contribution in [2.45, 2.75) is 33.4 Å². The Labute approximate surface area is 102 Å². The highest BCUT2D eigenvalue weighted by Gasteiger charge is 2.11. The zero-order chi connectivity index (χ0) is 12.8. The molecule has 0 aliphatic carbocycles. The van der Waals surface area contributed by atoms with Crippen molar-refractivity contribution in [1.82, 2.24) is 5.32 Å². The van der Waals surface area contributed by atoms with E-state index in [2.05, 4.69) is 11.9 Å². The number of ether oxygens (including phenoxy) is 1. The molecular weight excluding hydrogens is 217 g/mol. The Morgan fingerprint density at radius 2 is 2.18 bits per heavy atom. The van der Waals surface area contributed by atoms with Gasteiger partial charge in [0.15, 0.2) is 0 Å². The van der Waals surface area contributed by atoms with E-state index in [0.717, 1.165) is 0 Å². The van der Waals surface area contributed by atoms with E-state index in [4.69, 9.17) is 4.74 Å². The van der Waals surface area contributed by atoms with E-state index in [0.29, 0.717) is 36.1 Å². The van der Waals surface area contributed by atoms with Crippen molar-refractivity contribution in [1.29, 1.82) is 0 Å². The molecule has 2 nitrogen and oxygen atoms in total. The predicted molar refractivity (Wildman–Crippen MR) is 69.0 cm³/mol. The van der Waals surface area contributed by atoms with Gasteiger partial charge in [0.25, 0.3) is 0 Å². The quantitative estimate of drug-likeness (QED) is 0.766. The van der Waals surface area contributed by atoms with Crippen LogP contribution in [0.15, 0.2) is 24.8 Å². The van der Waals surface area contributed by atoms with Crippen LogP contribution in [0.2, 0.25) is 0 Å². The van der Waals surface area contributed by atoms with Crippen molar-refractivity contribution < 1.29 is 9.13 Å². The molecule has 0 saturated carbocycles. The fourth-order valence-corrected chi connectivity index (χ4v) is 1.50. The second-order valence-electron chi connectivity index (χ2n) is 4.17. The van der Waals surface area contributed by atoms with Gasteiger partial charge in [-0.05, 0) is 13.0 Å². The molecule has 1 aromatic rings. The van der Waals surface area contributed by atoms with Gasteiger partial charge >= 0.3 is 0 Å². The SMILES string of the molecule is C=C(OCC)c1cccc(CNC(C)C)c1F. The lowest BCUT2D eigenvalue weighted by molar-refractivity contribution is 0.297. The first-order valence-corrected chi connectivity index (χ1v) is 5.89. The summed E-state index contributed by atoms with van der Waals surface area (Å²) in [5.41, 5.74) is 1.08. The van der Waals surface area contributed by atoms with Crippen LogP contribution in [0.25, 0.3) is 5.76 Å². The summed E-state index contributed by atoms with van der Waals surface area (Å²) in [6.45, 7) is 10.6. The summed E-state index contributed by atoms with van der Waals surface area (Å²) in [6, 6.07) is 5.60. The molecule has 0 unspecified atom stereocenters. The Kier molecular flexibility index (Phi) is 5.16. The molecule has 0 fully saturated rings. The van der Waals surface area contributed by atoms with Crippen LogP contribution in [0, 0.1) is 5.82 Å². The van der Waals surface area contributed by atoms with Crippen LogP contribution in [0.1, 0.15) is 31.9 Å². The fourth-order valence-electron chi connectivity index (χ4n) is 1.50. The summed E-state index contributed by atoms with van der Waals surface area (Å²) in [5, 5.41) is 3.19. The second-order valence-corrected chi connectivity index (χ2v) is 4.17. The third-order valence-corrected chi connectivity index (χ3v) is 2.40. The number of halogens is 1. The third kappa shape index (κ3) is 3.86. The van der Waals surface area contributed by atoms with Crippen LogP contribution in [-0.2, 0) is 11.3 Å². The summed E-state index contributed by atoms with van der Waals surface area (Å²) in [4.78, 5) is 0. The molecule has 0 heterocycles. The minimum absolute atomic E-state index is 0.251. The average molecular weight is 237 g/mol. The van der Waals surface area contributed by atoms with E-state index in [1.807, 2.05) is 26.8 Å². The van der Waals surface area contributed by atoms with Gasteiger partial charge in [0.2, 0.25) is 0 Å². The van der Waals surface area contributed by atoms with E-state index in [1.165, 1.54) is 0 Å². The molecule has 0 saturated heterocycles. The van der Waals surface area contributed by atoms with E-state index >= 15 is 0 Å². The maximum Gasteiger partial charge on any atom is 0.138 e. The van der Waals surface area contributed by atoms with Gasteiger partial charge < -0.3 is 10.1 Å². The lowest BCUT2D eigenvalue weighted by Gasteiger charge is -2.13. The molecule has 0 amide bonds. The first-order chi connectivity index (χ1) is 8.06. The van der Waals surface area contributed by atoms with E-state index < -0.39 is 0 Å². The fraction of sp³-hybridized carbons (Fsp3) is 0.429. The van der Waals surface area contributed by atoms with Gasteiger partial charge in [-0.25, -0.2) is 4.39 Å². The molecule has 0 aromatic heterocycles. The van der Waals surface area contributed by atoms with E-state index in [1.54, 1.807) is 12.1 Å². The van der Waals surface area contributed by atoms with Crippen molar-refractivity contribution >= 4 is 5.76 Å². The van der Waals surface area contributed by atoms with Crippen molar-refractivity contribution in [2.75, 3.05) is 6.61 Å². The molecule has 17 heavy (non-hydrogen) atoms. The maximum absolute atomic E-state index is 14.1. The monoisotopic (exact) mass is 237 g/mol. The highest BCUT2D eigenvalue weighted by Crippen LogP contribution is 2.20. The van der Waals surface area contributed by atoms with Gasteiger partial charge in [-0.3, -0.25) is 0 Å². The molecule has 0 bridgehead atoms. The normalized spacial score (nSPS) is 10.6. The number of hydrogen-bond donors (Lipinski definition) is 1. The summed E-state index contributed by atoms with van der Waals surface area (Å²) in [7, 11) is 0. The second kappa shape index (κ2) is 6.40. The predicted octanol–water partition coefficient (Wildman–Crippen LogP) is 3.33. The van der Waals surface area contributed by atoms with Gasteiger partial charge in [-0.2, -0.15) is 0 Å². The van der Waals surface area contributed by atoms with E-state index in [-0.39, 0.29) is 5.82 Å². The molecule has 1 aromatic carbocycles. The Morgan fingerprint density at radius 3 is 2.76 bits per heavy atom. The molecule has 0 aliphatic rings. The first kappa shape index (κ1) is 13.7. The highest BCUT2D eigenvalue weighted by molar-refractivity contribution is 5.59.